The van der Waals surface area contributed by atoms with E-state index in [9.17, 15) is 4.79 Å². The van der Waals surface area contributed by atoms with Crippen LogP contribution >= 0.6 is 11.8 Å². The van der Waals surface area contributed by atoms with Crippen LogP contribution in [-0.2, 0) is 0 Å². The molecule has 0 aromatic carbocycles. The number of carbonyl (C=O) groups is 1. The summed E-state index contributed by atoms with van der Waals surface area (Å²) >= 11 is 1.39. The van der Waals surface area contributed by atoms with E-state index in [-0.39, 0.29) is 5.69 Å². The van der Waals surface area contributed by atoms with Crippen molar-refractivity contribution in [1.29, 1.82) is 0 Å². The lowest BCUT2D eigenvalue weighted by Gasteiger charge is -1.92. The lowest BCUT2D eigenvalue weighted by Crippen LogP contribution is -2.01. The van der Waals surface area contributed by atoms with Gasteiger partial charge in [0.05, 0.1) is 0 Å². The monoisotopic (exact) mass is 210 g/mol. The molecule has 0 unspecified atom stereocenters. The first kappa shape index (κ1) is 8.95. The number of imidazole rings is 1. The van der Waals surface area contributed by atoms with Gasteiger partial charge >= 0.3 is 5.97 Å². The maximum Gasteiger partial charge on any atom is 0.356 e. The summed E-state index contributed by atoms with van der Waals surface area (Å²) in [4.78, 5) is 25.2. The maximum absolute atomic E-state index is 10.8. The minimum Gasteiger partial charge on any atom is -0.476 e. The van der Waals surface area contributed by atoms with Crippen LogP contribution in [0.3, 0.4) is 0 Å². The topological polar surface area (TPSA) is 91.8 Å². The number of fused-ring (bicyclic) bond motifs is 1. The highest BCUT2D eigenvalue weighted by atomic mass is 32.2. The lowest BCUT2D eigenvalue weighted by atomic mass is 10.4. The van der Waals surface area contributed by atoms with Crippen LogP contribution in [-0.4, -0.2) is 37.3 Å². The molecule has 2 heterocycles. The highest BCUT2D eigenvalue weighted by Gasteiger charge is 2.14. The Balaban J connectivity index is 2.73. The van der Waals surface area contributed by atoms with E-state index in [1.807, 2.05) is 6.26 Å². The van der Waals surface area contributed by atoms with Gasteiger partial charge in [0.2, 0.25) is 0 Å². The molecule has 0 radical (unpaired) electrons. The van der Waals surface area contributed by atoms with Crippen LogP contribution in [0.15, 0.2) is 11.5 Å². The first-order valence-electron chi connectivity index (χ1n) is 3.70. The SMILES string of the molecule is CSc1nc2ncnc(C(=O)O)c2[nH]1. The Morgan fingerprint density at radius 2 is 2.36 bits per heavy atom. The molecule has 14 heavy (non-hydrogen) atoms. The smallest absolute Gasteiger partial charge is 0.356 e. The quantitative estimate of drug-likeness (QED) is 0.711. The van der Waals surface area contributed by atoms with Crippen LogP contribution in [0, 0.1) is 0 Å². The lowest BCUT2D eigenvalue weighted by molar-refractivity contribution is 0.0692. The minimum atomic E-state index is -1.09. The number of rotatable bonds is 2. The van der Waals surface area contributed by atoms with E-state index in [0.29, 0.717) is 16.3 Å². The Bertz CT molecular complexity index is 495. The molecule has 0 aliphatic carbocycles. The molecule has 6 nitrogen and oxygen atoms in total. The Morgan fingerprint density at radius 1 is 1.57 bits per heavy atom. The van der Waals surface area contributed by atoms with Gasteiger partial charge in [-0.3, -0.25) is 0 Å². The van der Waals surface area contributed by atoms with Crippen molar-refractivity contribution in [3.05, 3.63) is 12.0 Å². The van der Waals surface area contributed by atoms with Crippen molar-refractivity contribution in [3.63, 3.8) is 0 Å². The molecule has 72 valence electrons. The van der Waals surface area contributed by atoms with Gasteiger partial charge in [0.1, 0.15) is 11.8 Å². The van der Waals surface area contributed by atoms with Gasteiger partial charge in [-0.25, -0.2) is 19.7 Å². The third-order valence-electron chi connectivity index (χ3n) is 1.66. The summed E-state index contributed by atoms with van der Waals surface area (Å²) < 4.78 is 0. The van der Waals surface area contributed by atoms with Crippen LogP contribution in [0.2, 0.25) is 0 Å². The van der Waals surface area contributed by atoms with Gasteiger partial charge in [-0.15, -0.1) is 0 Å². The average molecular weight is 210 g/mol. The molecule has 2 aromatic rings. The third kappa shape index (κ3) is 1.31. The number of carboxylic acid groups (broad SMARTS) is 1. The van der Waals surface area contributed by atoms with Gasteiger partial charge in [0, 0.05) is 0 Å². The van der Waals surface area contributed by atoms with E-state index in [0.717, 1.165) is 0 Å². The normalized spacial score (nSPS) is 10.6. The summed E-state index contributed by atoms with van der Waals surface area (Å²) in [5.74, 6) is -1.09. The van der Waals surface area contributed by atoms with Crippen molar-refractivity contribution in [3.8, 4) is 0 Å². The summed E-state index contributed by atoms with van der Waals surface area (Å²) in [5.41, 5.74) is 0.689. The fourth-order valence-corrected chi connectivity index (χ4v) is 1.45. The standard InChI is InChI=1S/C7H6N4O2S/c1-14-7-10-3-4(6(12)13)8-2-9-5(3)11-7/h2H,1H3,(H,12,13)(H,8,9,10,11). The van der Waals surface area contributed by atoms with Gasteiger partial charge in [0.25, 0.3) is 0 Å². The molecule has 0 atom stereocenters. The number of hydrogen-bond donors (Lipinski definition) is 2. The van der Waals surface area contributed by atoms with Crippen molar-refractivity contribution in [2.75, 3.05) is 6.26 Å². The van der Waals surface area contributed by atoms with Crippen LogP contribution in [0.25, 0.3) is 11.2 Å². The first-order valence-corrected chi connectivity index (χ1v) is 4.93. The summed E-state index contributed by atoms with van der Waals surface area (Å²) in [5, 5.41) is 9.45. The van der Waals surface area contributed by atoms with Crippen molar-refractivity contribution in [1.82, 2.24) is 19.9 Å². The van der Waals surface area contributed by atoms with Crippen molar-refractivity contribution in [2.45, 2.75) is 5.16 Å². The molecule has 2 aromatic heterocycles. The zero-order valence-electron chi connectivity index (χ0n) is 7.18. The Kier molecular flexibility index (Phi) is 2.08. The summed E-state index contributed by atoms with van der Waals surface area (Å²) in [6.45, 7) is 0. The molecule has 0 fully saturated rings. The molecule has 2 N–H and O–H groups in total. The number of aromatic nitrogens is 4. The predicted octanol–water partition coefficient (Wildman–Crippen LogP) is 0.773. The second-order valence-corrected chi connectivity index (χ2v) is 3.27. The van der Waals surface area contributed by atoms with E-state index in [1.54, 1.807) is 0 Å². The highest BCUT2D eigenvalue weighted by Crippen LogP contribution is 2.17. The van der Waals surface area contributed by atoms with E-state index in [2.05, 4.69) is 19.9 Å². The molecule has 0 spiro atoms. The number of carboxylic acids is 1. The zero-order valence-corrected chi connectivity index (χ0v) is 8.00. The van der Waals surface area contributed by atoms with Crippen LogP contribution < -0.4 is 0 Å². The molecule has 7 heteroatoms. The van der Waals surface area contributed by atoms with E-state index in [4.69, 9.17) is 5.11 Å². The molecule has 0 bridgehead atoms. The van der Waals surface area contributed by atoms with Crippen molar-refractivity contribution in [2.24, 2.45) is 0 Å². The minimum absolute atomic E-state index is 0.0530. The highest BCUT2D eigenvalue weighted by molar-refractivity contribution is 7.98. The van der Waals surface area contributed by atoms with Gasteiger partial charge in [0.15, 0.2) is 16.5 Å². The Hall–Kier alpha value is -1.63. The number of nitrogens with zero attached hydrogens (tertiary/aromatic N) is 3. The number of nitrogens with one attached hydrogen (secondary N) is 1. The van der Waals surface area contributed by atoms with Crippen LogP contribution in [0.4, 0.5) is 0 Å². The molecule has 0 saturated heterocycles. The van der Waals surface area contributed by atoms with Crippen LogP contribution in [0.5, 0.6) is 0 Å². The number of H-pyrrole nitrogens is 1. The third-order valence-corrected chi connectivity index (χ3v) is 2.24. The van der Waals surface area contributed by atoms with Crippen molar-refractivity contribution < 1.29 is 9.90 Å². The molecular weight excluding hydrogens is 204 g/mol. The summed E-state index contributed by atoms with van der Waals surface area (Å²) in [6, 6.07) is 0. The van der Waals surface area contributed by atoms with E-state index >= 15 is 0 Å². The number of hydrogen-bond acceptors (Lipinski definition) is 5. The van der Waals surface area contributed by atoms with Gasteiger partial charge in [-0.2, -0.15) is 0 Å². The van der Waals surface area contributed by atoms with E-state index in [1.165, 1.54) is 18.1 Å². The molecular formula is C7H6N4O2S. The molecule has 0 saturated carbocycles. The number of aromatic amines is 1. The largest absolute Gasteiger partial charge is 0.476 e. The van der Waals surface area contributed by atoms with Crippen LogP contribution in [0.1, 0.15) is 10.5 Å². The second kappa shape index (κ2) is 3.26. The molecule has 2 rings (SSSR count). The van der Waals surface area contributed by atoms with Gasteiger partial charge < -0.3 is 10.1 Å². The summed E-state index contributed by atoms with van der Waals surface area (Å²) in [6.07, 6.45) is 3.03. The number of thioether (sulfide) groups is 1. The van der Waals surface area contributed by atoms with E-state index < -0.39 is 5.97 Å². The predicted molar refractivity (Wildman–Crippen MR) is 50.4 cm³/mol. The molecule has 0 aliphatic heterocycles. The molecule has 0 aliphatic rings. The number of aromatic carboxylic acids is 1. The Morgan fingerprint density at radius 3 is 3.00 bits per heavy atom. The van der Waals surface area contributed by atoms with Crippen molar-refractivity contribution >= 4 is 28.9 Å². The average Bonchev–Trinajstić information content (AvgIpc) is 2.59. The van der Waals surface area contributed by atoms with Gasteiger partial charge in [-0.1, -0.05) is 11.8 Å². The fourth-order valence-electron chi connectivity index (χ4n) is 1.07. The zero-order chi connectivity index (χ0) is 10.1. The Labute approximate surface area is 82.8 Å². The maximum atomic E-state index is 10.8. The fraction of sp³-hybridized carbons (Fsp3) is 0.143. The first-order chi connectivity index (χ1) is 6.72. The van der Waals surface area contributed by atoms with Gasteiger partial charge in [-0.05, 0) is 6.26 Å². The molecule has 0 amide bonds. The second-order valence-electron chi connectivity index (χ2n) is 2.47. The summed E-state index contributed by atoms with van der Waals surface area (Å²) in [7, 11) is 0.